The van der Waals surface area contributed by atoms with Crippen molar-refractivity contribution in [2.24, 2.45) is 5.10 Å². The zero-order valence-corrected chi connectivity index (χ0v) is 19.5. The molecule has 0 radical (unpaired) electrons. The Morgan fingerprint density at radius 3 is 2.13 bits per heavy atom. The largest absolute Gasteiger partial charge is 0.279 e. The Labute approximate surface area is 195 Å². The van der Waals surface area contributed by atoms with Gasteiger partial charge in [-0.3, -0.25) is 0 Å². The molecule has 0 saturated carbocycles. The van der Waals surface area contributed by atoms with E-state index in [0.717, 1.165) is 9.98 Å². The van der Waals surface area contributed by atoms with Crippen molar-refractivity contribution in [3.05, 3.63) is 97.4 Å². The molecule has 0 heterocycles. The fraction of sp³-hybridized carbons (Fsp3) is 0.0952. The third-order valence-corrected chi connectivity index (χ3v) is 7.58. The van der Waals surface area contributed by atoms with Gasteiger partial charge in [0.2, 0.25) is 0 Å². The van der Waals surface area contributed by atoms with Crippen molar-refractivity contribution >= 4 is 62.6 Å². The minimum absolute atomic E-state index is 0.0978. The summed E-state index contributed by atoms with van der Waals surface area (Å²) in [5.41, 5.74) is 1.92. The standard InChI is InChI=1S/C21H16Cl4N2O2S/c1-14-8-10-17(11-9-14)30(28,29)27(13-16-5-3-7-19(23)21(16)25)26-12-15-4-2-6-18(22)20(15)24/h2-12H,13H2,1H3/b26-12+. The van der Waals surface area contributed by atoms with Gasteiger partial charge in [0.25, 0.3) is 10.0 Å². The smallest absolute Gasteiger partial charge is 0.200 e. The highest BCUT2D eigenvalue weighted by atomic mass is 35.5. The topological polar surface area (TPSA) is 49.7 Å². The van der Waals surface area contributed by atoms with E-state index in [1.807, 2.05) is 6.92 Å². The van der Waals surface area contributed by atoms with E-state index in [-0.39, 0.29) is 21.5 Å². The second kappa shape index (κ2) is 9.58. The number of hydrogen-bond acceptors (Lipinski definition) is 3. The van der Waals surface area contributed by atoms with Gasteiger partial charge in [-0.05, 0) is 36.8 Å². The average Bonchev–Trinajstić information content (AvgIpc) is 2.71. The maximum Gasteiger partial charge on any atom is 0.279 e. The van der Waals surface area contributed by atoms with E-state index in [2.05, 4.69) is 5.10 Å². The van der Waals surface area contributed by atoms with Crippen molar-refractivity contribution in [3.8, 4) is 0 Å². The molecule has 0 saturated heterocycles. The highest BCUT2D eigenvalue weighted by molar-refractivity contribution is 7.89. The fourth-order valence-electron chi connectivity index (χ4n) is 2.58. The Bertz CT molecular complexity index is 1200. The number of sulfonamides is 1. The minimum Gasteiger partial charge on any atom is -0.200 e. The van der Waals surface area contributed by atoms with Crippen LogP contribution in [0.1, 0.15) is 16.7 Å². The number of hydrazone groups is 1. The minimum atomic E-state index is -3.98. The fourth-order valence-corrected chi connectivity index (χ4v) is 4.52. The number of hydrogen-bond donors (Lipinski definition) is 0. The summed E-state index contributed by atoms with van der Waals surface area (Å²) in [5.74, 6) is 0. The molecular formula is C21H16Cl4N2O2S. The highest BCUT2D eigenvalue weighted by Crippen LogP contribution is 2.29. The highest BCUT2D eigenvalue weighted by Gasteiger charge is 2.24. The van der Waals surface area contributed by atoms with Gasteiger partial charge in [-0.25, -0.2) is 0 Å². The molecule has 0 atom stereocenters. The molecule has 0 aliphatic heterocycles. The summed E-state index contributed by atoms with van der Waals surface area (Å²) in [7, 11) is -3.98. The molecule has 3 aromatic rings. The summed E-state index contributed by atoms with van der Waals surface area (Å²) in [6.07, 6.45) is 1.35. The Morgan fingerprint density at radius 1 is 0.867 bits per heavy atom. The number of benzene rings is 3. The van der Waals surface area contributed by atoms with Crippen LogP contribution >= 0.6 is 46.4 Å². The second-order valence-electron chi connectivity index (χ2n) is 6.40. The van der Waals surface area contributed by atoms with Crippen LogP contribution < -0.4 is 0 Å². The van der Waals surface area contributed by atoms with Gasteiger partial charge in [0, 0.05) is 5.56 Å². The van der Waals surface area contributed by atoms with Crippen LogP contribution in [-0.4, -0.2) is 19.0 Å². The molecule has 0 fully saturated rings. The van der Waals surface area contributed by atoms with E-state index >= 15 is 0 Å². The first-order valence-corrected chi connectivity index (χ1v) is 11.7. The first-order valence-electron chi connectivity index (χ1n) is 8.70. The van der Waals surface area contributed by atoms with Crippen molar-refractivity contribution < 1.29 is 8.42 Å². The lowest BCUT2D eigenvalue weighted by Gasteiger charge is -2.20. The number of rotatable bonds is 6. The molecule has 0 bridgehead atoms. The molecule has 0 unspecified atom stereocenters. The predicted molar refractivity (Wildman–Crippen MR) is 124 cm³/mol. The molecule has 0 aromatic heterocycles. The van der Waals surface area contributed by atoms with Crippen LogP contribution in [0.25, 0.3) is 0 Å². The maximum atomic E-state index is 13.3. The summed E-state index contributed by atoms with van der Waals surface area (Å²) in [5, 5.41) is 5.41. The van der Waals surface area contributed by atoms with Crippen LogP contribution in [0.15, 0.2) is 70.7 Å². The van der Waals surface area contributed by atoms with Crippen LogP contribution in [0.5, 0.6) is 0 Å². The van der Waals surface area contributed by atoms with Crippen LogP contribution in [0.3, 0.4) is 0 Å². The molecule has 3 rings (SSSR count). The molecule has 9 heteroatoms. The van der Waals surface area contributed by atoms with Gasteiger partial charge in [-0.15, -0.1) is 0 Å². The summed E-state index contributed by atoms with van der Waals surface area (Å²) < 4.78 is 27.5. The van der Waals surface area contributed by atoms with Gasteiger partial charge in [0.15, 0.2) is 0 Å². The first-order chi connectivity index (χ1) is 14.2. The molecule has 0 amide bonds. The summed E-state index contributed by atoms with van der Waals surface area (Å²) in [6, 6.07) is 16.5. The summed E-state index contributed by atoms with van der Waals surface area (Å²) in [4.78, 5) is 0.0978. The molecule has 0 N–H and O–H groups in total. The van der Waals surface area contributed by atoms with Gasteiger partial charge < -0.3 is 0 Å². The zero-order chi connectivity index (χ0) is 21.9. The SMILES string of the molecule is Cc1ccc(S(=O)(=O)N(Cc2cccc(Cl)c2Cl)/N=C/c2cccc(Cl)c2Cl)cc1. The molecule has 0 aliphatic carbocycles. The lowest BCUT2D eigenvalue weighted by atomic mass is 10.2. The van der Waals surface area contributed by atoms with E-state index in [4.69, 9.17) is 46.4 Å². The third kappa shape index (κ3) is 5.10. The molecule has 0 aliphatic rings. The molecule has 30 heavy (non-hydrogen) atoms. The van der Waals surface area contributed by atoms with Crippen molar-refractivity contribution in [1.82, 2.24) is 4.41 Å². The Morgan fingerprint density at radius 2 is 1.47 bits per heavy atom. The molecule has 156 valence electrons. The van der Waals surface area contributed by atoms with Gasteiger partial charge in [-0.2, -0.15) is 17.9 Å². The number of halogens is 4. The predicted octanol–water partition coefficient (Wildman–Crippen LogP) is 6.83. The van der Waals surface area contributed by atoms with E-state index in [0.29, 0.717) is 21.2 Å². The lowest BCUT2D eigenvalue weighted by Crippen LogP contribution is -2.26. The zero-order valence-electron chi connectivity index (χ0n) is 15.7. The van der Waals surface area contributed by atoms with E-state index in [1.165, 1.54) is 18.3 Å². The second-order valence-corrected chi connectivity index (χ2v) is 9.81. The van der Waals surface area contributed by atoms with Crippen LogP contribution in [-0.2, 0) is 16.6 Å². The Hall–Kier alpha value is -1.76. The monoisotopic (exact) mass is 500 g/mol. The maximum absolute atomic E-state index is 13.3. The quantitative estimate of drug-likeness (QED) is 0.274. The summed E-state index contributed by atoms with van der Waals surface area (Å²) >= 11 is 24.6. The Kier molecular flexibility index (Phi) is 7.32. The van der Waals surface area contributed by atoms with Crippen molar-refractivity contribution in [3.63, 3.8) is 0 Å². The van der Waals surface area contributed by atoms with E-state index < -0.39 is 10.0 Å². The average molecular weight is 502 g/mol. The van der Waals surface area contributed by atoms with Crippen molar-refractivity contribution in [2.45, 2.75) is 18.4 Å². The summed E-state index contributed by atoms with van der Waals surface area (Å²) in [6.45, 7) is 1.75. The Balaban J connectivity index is 2.06. The van der Waals surface area contributed by atoms with Gasteiger partial charge >= 0.3 is 0 Å². The first kappa shape index (κ1) is 22.9. The van der Waals surface area contributed by atoms with Gasteiger partial charge in [0.05, 0.1) is 37.7 Å². The molecule has 4 nitrogen and oxygen atoms in total. The van der Waals surface area contributed by atoms with Gasteiger partial charge in [-0.1, -0.05) is 88.4 Å². The van der Waals surface area contributed by atoms with Crippen LogP contribution in [0, 0.1) is 6.92 Å². The molecular weight excluding hydrogens is 486 g/mol. The normalized spacial score (nSPS) is 11.8. The molecule has 3 aromatic carbocycles. The lowest BCUT2D eigenvalue weighted by molar-refractivity contribution is 0.427. The van der Waals surface area contributed by atoms with Crippen LogP contribution in [0.2, 0.25) is 20.1 Å². The molecule has 0 spiro atoms. The van der Waals surface area contributed by atoms with Crippen molar-refractivity contribution in [2.75, 3.05) is 0 Å². The third-order valence-electron chi connectivity index (χ3n) is 4.24. The van der Waals surface area contributed by atoms with Gasteiger partial charge in [0.1, 0.15) is 0 Å². The number of aryl methyl sites for hydroxylation is 1. The van der Waals surface area contributed by atoms with Crippen LogP contribution in [0.4, 0.5) is 0 Å². The number of nitrogens with zero attached hydrogens (tertiary/aromatic N) is 2. The van der Waals surface area contributed by atoms with Crippen molar-refractivity contribution in [1.29, 1.82) is 0 Å². The van der Waals surface area contributed by atoms with E-state index in [9.17, 15) is 8.42 Å². The van der Waals surface area contributed by atoms with E-state index in [1.54, 1.807) is 48.5 Å².